The van der Waals surface area contributed by atoms with Gasteiger partial charge >= 0.3 is 0 Å². The van der Waals surface area contributed by atoms with E-state index < -0.39 is 0 Å². The lowest BCUT2D eigenvalue weighted by molar-refractivity contribution is 0.480. The second kappa shape index (κ2) is 4.43. The van der Waals surface area contributed by atoms with Gasteiger partial charge in [0.1, 0.15) is 0 Å². The SMILES string of the molecule is CC(CN)CCCNC1CC1(C)C. The summed E-state index contributed by atoms with van der Waals surface area (Å²) in [6.45, 7) is 8.87. The normalized spacial score (nSPS) is 27.2. The summed E-state index contributed by atoms with van der Waals surface area (Å²) in [5.74, 6) is 0.689. The molecule has 2 atom stereocenters. The lowest BCUT2D eigenvalue weighted by Gasteiger charge is -2.09. The molecule has 0 spiro atoms. The van der Waals surface area contributed by atoms with Crippen molar-refractivity contribution >= 4 is 0 Å². The molecule has 1 aliphatic rings. The number of rotatable bonds is 6. The summed E-state index contributed by atoms with van der Waals surface area (Å²) in [6.07, 6.45) is 3.88. The van der Waals surface area contributed by atoms with Crippen molar-refractivity contribution in [1.82, 2.24) is 5.32 Å². The summed E-state index contributed by atoms with van der Waals surface area (Å²) in [7, 11) is 0. The van der Waals surface area contributed by atoms with Gasteiger partial charge in [-0.1, -0.05) is 20.8 Å². The van der Waals surface area contributed by atoms with Crippen LogP contribution in [0.3, 0.4) is 0 Å². The van der Waals surface area contributed by atoms with Crippen LogP contribution in [0.5, 0.6) is 0 Å². The van der Waals surface area contributed by atoms with Crippen LogP contribution in [0, 0.1) is 11.3 Å². The van der Waals surface area contributed by atoms with Gasteiger partial charge in [0.15, 0.2) is 0 Å². The van der Waals surface area contributed by atoms with Crippen molar-refractivity contribution in [3.63, 3.8) is 0 Å². The van der Waals surface area contributed by atoms with Crippen LogP contribution in [0.25, 0.3) is 0 Å². The lowest BCUT2D eigenvalue weighted by Crippen LogP contribution is -2.22. The zero-order valence-corrected chi connectivity index (χ0v) is 9.27. The Kier molecular flexibility index (Phi) is 3.74. The molecular formula is C11H24N2. The third kappa shape index (κ3) is 3.65. The van der Waals surface area contributed by atoms with Gasteiger partial charge in [-0.15, -0.1) is 0 Å². The Bertz CT molecular complexity index is 154. The highest BCUT2D eigenvalue weighted by atomic mass is 15.0. The van der Waals surface area contributed by atoms with E-state index >= 15 is 0 Å². The molecule has 0 aromatic carbocycles. The number of hydrogen-bond donors (Lipinski definition) is 2. The zero-order valence-electron chi connectivity index (χ0n) is 9.27. The van der Waals surface area contributed by atoms with Crippen molar-refractivity contribution in [2.24, 2.45) is 17.1 Å². The minimum absolute atomic E-state index is 0.569. The minimum atomic E-state index is 0.569. The molecule has 0 aromatic heterocycles. The first-order valence-electron chi connectivity index (χ1n) is 5.49. The molecule has 2 unspecified atom stereocenters. The molecule has 2 nitrogen and oxygen atoms in total. The van der Waals surface area contributed by atoms with E-state index in [4.69, 9.17) is 5.73 Å². The van der Waals surface area contributed by atoms with Gasteiger partial charge < -0.3 is 11.1 Å². The fourth-order valence-corrected chi connectivity index (χ4v) is 1.66. The van der Waals surface area contributed by atoms with Crippen LogP contribution in [-0.2, 0) is 0 Å². The van der Waals surface area contributed by atoms with Gasteiger partial charge in [0.05, 0.1) is 0 Å². The van der Waals surface area contributed by atoms with Crippen molar-refractivity contribution < 1.29 is 0 Å². The van der Waals surface area contributed by atoms with Gasteiger partial charge in [-0.2, -0.15) is 0 Å². The first-order valence-corrected chi connectivity index (χ1v) is 5.49. The maximum atomic E-state index is 5.55. The Labute approximate surface area is 82.3 Å². The summed E-state index contributed by atoms with van der Waals surface area (Å²) in [5.41, 5.74) is 6.12. The van der Waals surface area contributed by atoms with Crippen LogP contribution >= 0.6 is 0 Å². The highest BCUT2D eigenvalue weighted by molar-refractivity contribution is 5.01. The van der Waals surface area contributed by atoms with Crippen molar-refractivity contribution in [2.45, 2.75) is 46.1 Å². The average Bonchev–Trinajstić information content (AvgIpc) is 2.67. The van der Waals surface area contributed by atoms with E-state index in [0.717, 1.165) is 12.6 Å². The Morgan fingerprint density at radius 2 is 2.15 bits per heavy atom. The molecule has 0 amide bonds. The molecule has 1 aliphatic carbocycles. The fraction of sp³-hybridized carbons (Fsp3) is 1.00. The van der Waals surface area contributed by atoms with E-state index in [1.165, 1.54) is 25.8 Å². The van der Waals surface area contributed by atoms with Gasteiger partial charge in [-0.05, 0) is 43.7 Å². The standard InChI is InChI=1S/C11H24N2/c1-9(8-12)5-4-6-13-10-7-11(10,2)3/h9-10,13H,4-8,12H2,1-3H3. The summed E-state index contributed by atoms with van der Waals surface area (Å²) >= 11 is 0. The second-order valence-electron chi connectivity index (χ2n) is 5.18. The van der Waals surface area contributed by atoms with Crippen molar-refractivity contribution in [1.29, 1.82) is 0 Å². The molecule has 13 heavy (non-hydrogen) atoms. The summed E-state index contributed by atoms with van der Waals surface area (Å²) in [6, 6.07) is 0.778. The maximum absolute atomic E-state index is 5.55. The molecule has 1 rings (SSSR count). The van der Waals surface area contributed by atoms with Crippen molar-refractivity contribution in [2.75, 3.05) is 13.1 Å². The van der Waals surface area contributed by atoms with Crippen LogP contribution < -0.4 is 11.1 Å². The van der Waals surface area contributed by atoms with Crippen molar-refractivity contribution in [3.8, 4) is 0 Å². The molecule has 2 heteroatoms. The molecule has 3 N–H and O–H groups in total. The molecule has 1 saturated carbocycles. The molecule has 0 heterocycles. The number of hydrogen-bond acceptors (Lipinski definition) is 2. The van der Waals surface area contributed by atoms with E-state index in [2.05, 4.69) is 26.1 Å². The number of nitrogens with one attached hydrogen (secondary N) is 1. The third-order valence-electron chi connectivity index (χ3n) is 3.18. The average molecular weight is 184 g/mol. The summed E-state index contributed by atoms with van der Waals surface area (Å²) < 4.78 is 0. The topological polar surface area (TPSA) is 38.0 Å². The predicted octanol–water partition coefficient (Wildman–Crippen LogP) is 1.75. The smallest absolute Gasteiger partial charge is 0.0124 e. The van der Waals surface area contributed by atoms with E-state index in [0.29, 0.717) is 11.3 Å². The van der Waals surface area contributed by atoms with E-state index in [1.54, 1.807) is 0 Å². The Morgan fingerprint density at radius 1 is 1.54 bits per heavy atom. The zero-order chi connectivity index (χ0) is 9.90. The van der Waals surface area contributed by atoms with Gasteiger partial charge in [0.2, 0.25) is 0 Å². The molecule has 0 aromatic rings. The molecule has 0 radical (unpaired) electrons. The first kappa shape index (κ1) is 11.0. The Morgan fingerprint density at radius 3 is 2.62 bits per heavy atom. The molecule has 0 saturated heterocycles. The van der Waals surface area contributed by atoms with E-state index in [1.807, 2.05) is 0 Å². The predicted molar refractivity (Wildman–Crippen MR) is 57.6 cm³/mol. The van der Waals surface area contributed by atoms with Gasteiger partial charge in [0, 0.05) is 6.04 Å². The van der Waals surface area contributed by atoms with Gasteiger partial charge in [-0.25, -0.2) is 0 Å². The fourth-order valence-electron chi connectivity index (χ4n) is 1.66. The maximum Gasteiger partial charge on any atom is 0.0124 e. The Balaban J connectivity index is 1.91. The molecule has 0 bridgehead atoms. The van der Waals surface area contributed by atoms with E-state index in [9.17, 15) is 0 Å². The molecule has 0 aliphatic heterocycles. The van der Waals surface area contributed by atoms with Crippen LogP contribution in [0.15, 0.2) is 0 Å². The number of nitrogens with two attached hydrogens (primary N) is 1. The molecule has 1 fully saturated rings. The Hall–Kier alpha value is -0.0800. The largest absolute Gasteiger partial charge is 0.330 e. The van der Waals surface area contributed by atoms with E-state index in [-0.39, 0.29) is 0 Å². The highest BCUT2D eigenvalue weighted by Crippen LogP contribution is 2.44. The molecular weight excluding hydrogens is 160 g/mol. The van der Waals surface area contributed by atoms with Crippen LogP contribution in [0.4, 0.5) is 0 Å². The van der Waals surface area contributed by atoms with Gasteiger partial charge in [0.25, 0.3) is 0 Å². The highest BCUT2D eigenvalue weighted by Gasteiger charge is 2.44. The van der Waals surface area contributed by atoms with Crippen molar-refractivity contribution in [3.05, 3.63) is 0 Å². The lowest BCUT2D eigenvalue weighted by atomic mass is 10.1. The first-order chi connectivity index (χ1) is 6.06. The minimum Gasteiger partial charge on any atom is -0.330 e. The van der Waals surface area contributed by atoms with Crippen LogP contribution in [0.2, 0.25) is 0 Å². The monoisotopic (exact) mass is 184 g/mol. The quantitative estimate of drug-likeness (QED) is 0.617. The summed E-state index contributed by atoms with van der Waals surface area (Å²) in [4.78, 5) is 0. The second-order valence-corrected chi connectivity index (χ2v) is 5.18. The van der Waals surface area contributed by atoms with Crippen LogP contribution in [-0.4, -0.2) is 19.1 Å². The van der Waals surface area contributed by atoms with Gasteiger partial charge in [-0.3, -0.25) is 0 Å². The summed E-state index contributed by atoms with van der Waals surface area (Å²) in [5, 5.41) is 3.59. The van der Waals surface area contributed by atoms with Crippen LogP contribution in [0.1, 0.15) is 40.0 Å². The third-order valence-corrected chi connectivity index (χ3v) is 3.18. The molecule has 78 valence electrons.